The minimum absolute atomic E-state index is 0.0735. The third-order valence-corrected chi connectivity index (χ3v) is 4.53. The number of anilines is 1. The molecule has 1 N–H and O–H groups in total. The molecule has 3 rings (SSSR count). The van der Waals surface area contributed by atoms with E-state index in [0.717, 1.165) is 16.8 Å². The lowest BCUT2D eigenvalue weighted by Gasteiger charge is -2.13. The van der Waals surface area contributed by atoms with Crippen LogP contribution in [0.3, 0.4) is 0 Å². The second-order valence-electron chi connectivity index (χ2n) is 5.28. The standard InChI is InChI=1S/C19H17NOS/c1-13-11-16(17-9-6-10-22-17)12-14(2)18(13)20-19(21)15-7-4-3-5-8-15/h3-12H,1-2H3,(H,20,21). The van der Waals surface area contributed by atoms with E-state index in [0.29, 0.717) is 5.56 Å². The highest BCUT2D eigenvalue weighted by atomic mass is 32.1. The van der Waals surface area contributed by atoms with Crippen molar-refractivity contribution in [3.63, 3.8) is 0 Å². The summed E-state index contributed by atoms with van der Waals surface area (Å²) >= 11 is 1.72. The number of benzene rings is 2. The normalized spacial score (nSPS) is 10.5. The third-order valence-electron chi connectivity index (χ3n) is 3.61. The fourth-order valence-electron chi connectivity index (χ4n) is 2.52. The molecule has 110 valence electrons. The molecule has 0 atom stereocenters. The Bertz CT molecular complexity index is 769. The first-order chi connectivity index (χ1) is 10.6. The lowest BCUT2D eigenvalue weighted by atomic mass is 10.0. The van der Waals surface area contributed by atoms with E-state index in [2.05, 4.69) is 35.0 Å². The summed E-state index contributed by atoms with van der Waals surface area (Å²) in [6.45, 7) is 4.06. The summed E-state index contributed by atoms with van der Waals surface area (Å²) in [6, 6.07) is 17.7. The molecule has 0 aliphatic rings. The molecule has 0 bridgehead atoms. The maximum atomic E-state index is 12.3. The fourth-order valence-corrected chi connectivity index (χ4v) is 3.24. The van der Waals surface area contributed by atoms with E-state index < -0.39 is 0 Å². The number of amides is 1. The van der Waals surface area contributed by atoms with Crippen molar-refractivity contribution in [3.05, 3.63) is 76.7 Å². The lowest BCUT2D eigenvalue weighted by Crippen LogP contribution is -2.13. The molecular formula is C19H17NOS. The lowest BCUT2D eigenvalue weighted by molar-refractivity contribution is 0.102. The van der Waals surface area contributed by atoms with Gasteiger partial charge in [0, 0.05) is 16.1 Å². The zero-order chi connectivity index (χ0) is 15.5. The first-order valence-electron chi connectivity index (χ1n) is 7.16. The van der Waals surface area contributed by atoms with Crippen LogP contribution in [-0.2, 0) is 0 Å². The van der Waals surface area contributed by atoms with Gasteiger partial charge in [-0.15, -0.1) is 11.3 Å². The molecule has 3 heteroatoms. The molecule has 0 saturated carbocycles. The van der Waals surface area contributed by atoms with Crippen molar-refractivity contribution in [1.29, 1.82) is 0 Å². The maximum Gasteiger partial charge on any atom is 0.255 e. The van der Waals surface area contributed by atoms with Crippen LogP contribution in [0.25, 0.3) is 10.4 Å². The van der Waals surface area contributed by atoms with Crippen LogP contribution in [0.5, 0.6) is 0 Å². The maximum absolute atomic E-state index is 12.3. The van der Waals surface area contributed by atoms with Crippen molar-refractivity contribution < 1.29 is 4.79 Å². The van der Waals surface area contributed by atoms with Gasteiger partial charge in [-0.05, 0) is 66.2 Å². The Labute approximate surface area is 134 Å². The molecule has 1 aromatic heterocycles. The highest BCUT2D eigenvalue weighted by molar-refractivity contribution is 7.13. The van der Waals surface area contributed by atoms with E-state index in [4.69, 9.17) is 0 Å². The molecule has 22 heavy (non-hydrogen) atoms. The average Bonchev–Trinajstić information content (AvgIpc) is 3.06. The Hall–Kier alpha value is -2.39. The number of carbonyl (C=O) groups is 1. The van der Waals surface area contributed by atoms with Crippen LogP contribution < -0.4 is 5.32 Å². The van der Waals surface area contributed by atoms with Crippen LogP contribution in [0.1, 0.15) is 21.5 Å². The Morgan fingerprint density at radius 1 is 0.955 bits per heavy atom. The topological polar surface area (TPSA) is 29.1 Å². The van der Waals surface area contributed by atoms with E-state index in [1.165, 1.54) is 10.4 Å². The van der Waals surface area contributed by atoms with Gasteiger partial charge >= 0.3 is 0 Å². The second-order valence-corrected chi connectivity index (χ2v) is 6.23. The fraction of sp³-hybridized carbons (Fsp3) is 0.105. The van der Waals surface area contributed by atoms with Gasteiger partial charge in [-0.25, -0.2) is 0 Å². The van der Waals surface area contributed by atoms with Gasteiger partial charge in [-0.1, -0.05) is 24.3 Å². The smallest absolute Gasteiger partial charge is 0.255 e. The van der Waals surface area contributed by atoms with Crippen LogP contribution in [-0.4, -0.2) is 5.91 Å². The molecule has 3 aromatic rings. The Morgan fingerprint density at radius 2 is 1.64 bits per heavy atom. The van der Waals surface area contributed by atoms with Gasteiger partial charge in [0.25, 0.3) is 5.91 Å². The molecular weight excluding hydrogens is 290 g/mol. The number of nitrogens with one attached hydrogen (secondary N) is 1. The van der Waals surface area contributed by atoms with E-state index in [1.807, 2.05) is 44.2 Å². The minimum Gasteiger partial charge on any atom is -0.322 e. The number of rotatable bonds is 3. The Morgan fingerprint density at radius 3 is 2.23 bits per heavy atom. The number of hydrogen-bond donors (Lipinski definition) is 1. The van der Waals surface area contributed by atoms with E-state index in [1.54, 1.807) is 11.3 Å². The third kappa shape index (κ3) is 2.95. The summed E-state index contributed by atoms with van der Waals surface area (Å²) in [4.78, 5) is 13.6. The molecule has 0 fully saturated rings. The SMILES string of the molecule is Cc1cc(-c2cccs2)cc(C)c1NC(=O)c1ccccc1. The zero-order valence-electron chi connectivity index (χ0n) is 12.6. The number of aryl methyl sites for hydroxylation is 2. The van der Waals surface area contributed by atoms with Gasteiger partial charge in [0.2, 0.25) is 0 Å². The van der Waals surface area contributed by atoms with E-state index in [9.17, 15) is 4.79 Å². The van der Waals surface area contributed by atoms with Crippen molar-refractivity contribution in [2.24, 2.45) is 0 Å². The number of hydrogen-bond acceptors (Lipinski definition) is 2. The monoisotopic (exact) mass is 307 g/mol. The predicted octanol–water partition coefficient (Wildman–Crippen LogP) is 5.28. The summed E-state index contributed by atoms with van der Waals surface area (Å²) in [7, 11) is 0. The van der Waals surface area contributed by atoms with Crippen LogP contribution >= 0.6 is 11.3 Å². The largest absolute Gasteiger partial charge is 0.322 e. The van der Waals surface area contributed by atoms with Gasteiger partial charge in [0.1, 0.15) is 0 Å². The van der Waals surface area contributed by atoms with Crippen molar-refractivity contribution in [2.75, 3.05) is 5.32 Å². The summed E-state index contributed by atoms with van der Waals surface area (Å²) in [5.74, 6) is -0.0735. The summed E-state index contributed by atoms with van der Waals surface area (Å²) < 4.78 is 0. The van der Waals surface area contributed by atoms with Crippen molar-refractivity contribution in [3.8, 4) is 10.4 Å². The van der Waals surface area contributed by atoms with Crippen molar-refractivity contribution >= 4 is 22.9 Å². The molecule has 1 amide bonds. The highest BCUT2D eigenvalue weighted by Crippen LogP contribution is 2.31. The zero-order valence-corrected chi connectivity index (χ0v) is 13.4. The summed E-state index contributed by atoms with van der Waals surface area (Å²) in [6.07, 6.45) is 0. The van der Waals surface area contributed by atoms with Gasteiger partial charge in [-0.3, -0.25) is 4.79 Å². The molecule has 2 nitrogen and oxygen atoms in total. The van der Waals surface area contributed by atoms with Crippen LogP contribution in [0.15, 0.2) is 60.0 Å². The number of thiophene rings is 1. The van der Waals surface area contributed by atoms with Crippen molar-refractivity contribution in [1.82, 2.24) is 0 Å². The van der Waals surface area contributed by atoms with Gasteiger partial charge < -0.3 is 5.32 Å². The van der Waals surface area contributed by atoms with Crippen LogP contribution in [0.4, 0.5) is 5.69 Å². The van der Waals surface area contributed by atoms with Crippen molar-refractivity contribution in [2.45, 2.75) is 13.8 Å². The second kappa shape index (κ2) is 6.16. The van der Waals surface area contributed by atoms with Crippen LogP contribution in [0.2, 0.25) is 0 Å². The molecule has 0 aliphatic carbocycles. The Balaban J connectivity index is 1.90. The molecule has 0 radical (unpaired) electrons. The minimum atomic E-state index is -0.0735. The summed E-state index contributed by atoms with van der Waals surface area (Å²) in [5, 5.41) is 5.11. The molecule has 0 spiro atoms. The van der Waals surface area contributed by atoms with Crippen LogP contribution in [0, 0.1) is 13.8 Å². The van der Waals surface area contributed by atoms with Gasteiger partial charge in [-0.2, -0.15) is 0 Å². The van der Waals surface area contributed by atoms with E-state index in [-0.39, 0.29) is 5.91 Å². The first-order valence-corrected chi connectivity index (χ1v) is 8.04. The molecule has 0 unspecified atom stereocenters. The Kier molecular flexibility index (Phi) is 4.07. The van der Waals surface area contributed by atoms with E-state index >= 15 is 0 Å². The molecule has 2 aromatic carbocycles. The molecule has 0 saturated heterocycles. The summed E-state index contributed by atoms with van der Waals surface area (Å²) in [5.41, 5.74) is 4.92. The van der Waals surface area contributed by atoms with Gasteiger partial charge in [0.15, 0.2) is 0 Å². The molecule has 0 aliphatic heterocycles. The first kappa shape index (κ1) is 14.5. The average molecular weight is 307 g/mol. The number of carbonyl (C=O) groups excluding carboxylic acids is 1. The molecule has 1 heterocycles. The predicted molar refractivity (Wildman–Crippen MR) is 93.6 cm³/mol. The quantitative estimate of drug-likeness (QED) is 0.700. The van der Waals surface area contributed by atoms with Gasteiger partial charge in [0.05, 0.1) is 0 Å². The highest BCUT2D eigenvalue weighted by Gasteiger charge is 2.11.